The summed E-state index contributed by atoms with van der Waals surface area (Å²) in [7, 11) is 0. The van der Waals surface area contributed by atoms with Gasteiger partial charge in [0.15, 0.2) is 0 Å². The van der Waals surface area contributed by atoms with Gasteiger partial charge in [0.05, 0.1) is 0 Å². The Morgan fingerprint density at radius 2 is 1.82 bits per heavy atom. The molecule has 2 aliphatic rings. The van der Waals surface area contributed by atoms with Gasteiger partial charge in [-0.15, -0.1) is 0 Å². The maximum absolute atomic E-state index is 12.9. The van der Waals surface area contributed by atoms with Crippen LogP contribution >= 0.6 is 0 Å². The third-order valence-corrected chi connectivity index (χ3v) is 4.68. The van der Waals surface area contributed by atoms with Gasteiger partial charge in [0.25, 0.3) is 0 Å². The first-order chi connectivity index (χ1) is 10.4. The molecule has 0 aromatic rings. The second kappa shape index (κ2) is 7.44. The Balaban J connectivity index is 1.98. The van der Waals surface area contributed by atoms with E-state index in [9.17, 15) is 9.59 Å². The number of rotatable bonds is 5. The molecule has 2 bridgehead atoms. The SMILES string of the molecule is CC(C)CC(=O)NC(C(=O)N1CCC2CCC(C1)N2)C(C)C. The van der Waals surface area contributed by atoms with Crippen LogP contribution in [0.1, 0.15) is 53.4 Å². The van der Waals surface area contributed by atoms with Crippen LogP contribution in [0, 0.1) is 11.8 Å². The van der Waals surface area contributed by atoms with Crippen molar-refractivity contribution in [1.82, 2.24) is 15.5 Å². The Labute approximate surface area is 134 Å². The summed E-state index contributed by atoms with van der Waals surface area (Å²) in [5.74, 6) is 0.482. The molecule has 2 N–H and O–H groups in total. The predicted octanol–water partition coefficient (Wildman–Crippen LogP) is 1.53. The van der Waals surface area contributed by atoms with Crippen molar-refractivity contribution in [3.63, 3.8) is 0 Å². The third kappa shape index (κ3) is 4.45. The highest BCUT2D eigenvalue weighted by molar-refractivity contribution is 5.88. The highest BCUT2D eigenvalue weighted by atomic mass is 16.2. The number of likely N-dealkylation sites (tertiary alicyclic amines) is 1. The minimum Gasteiger partial charge on any atom is -0.344 e. The molecule has 2 saturated heterocycles. The summed E-state index contributed by atoms with van der Waals surface area (Å²) in [5.41, 5.74) is 0. The molecule has 0 radical (unpaired) electrons. The van der Waals surface area contributed by atoms with E-state index in [0.717, 1.165) is 25.9 Å². The monoisotopic (exact) mass is 309 g/mol. The first kappa shape index (κ1) is 17.3. The van der Waals surface area contributed by atoms with Crippen LogP contribution in [-0.2, 0) is 9.59 Å². The standard InChI is InChI=1S/C17H31N3O2/c1-11(2)9-15(21)19-16(12(3)4)17(22)20-8-7-13-5-6-14(10-20)18-13/h11-14,16,18H,5-10H2,1-4H3,(H,19,21). The van der Waals surface area contributed by atoms with E-state index in [-0.39, 0.29) is 17.7 Å². The van der Waals surface area contributed by atoms with Crippen molar-refractivity contribution in [1.29, 1.82) is 0 Å². The Morgan fingerprint density at radius 3 is 2.45 bits per heavy atom. The molecule has 0 aromatic carbocycles. The molecule has 5 nitrogen and oxygen atoms in total. The molecule has 22 heavy (non-hydrogen) atoms. The minimum absolute atomic E-state index is 0.0171. The van der Waals surface area contributed by atoms with E-state index in [1.54, 1.807) is 0 Å². The number of fused-ring (bicyclic) bond motifs is 2. The zero-order valence-electron chi connectivity index (χ0n) is 14.4. The third-order valence-electron chi connectivity index (χ3n) is 4.68. The quantitative estimate of drug-likeness (QED) is 0.809. The number of carbonyl (C=O) groups is 2. The fourth-order valence-electron chi connectivity index (χ4n) is 3.46. The molecule has 2 aliphatic heterocycles. The van der Waals surface area contributed by atoms with E-state index in [1.807, 2.05) is 32.6 Å². The molecule has 2 heterocycles. The summed E-state index contributed by atoms with van der Waals surface area (Å²) in [6, 6.07) is 0.592. The van der Waals surface area contributed by atoms with Crippen molar-refractivity contribution in [3.05, 3.63) is 0 Å². The topological polar surface area (TPSA) is 61.4 Å². The van der Waals surface area contributed by atoms with E-state index in [0.29, 0.717) is 24.4 Å². The van der Waals surface area contributed by atoms with Gasteiger partial charge in [0, 0.05) is 31.6 Å². The molecule has 2 fully saturated rings. The first-order valence-electron chi connectivity index (χ1n) is 8.71. The lowest BCUT2D eigenvalue weighted by Gasteiger charge is -2.31. The van der Waals surface area contributed by atoms with Gasteiger partial charge in [-0.3, -0.25) is 9.59 Å². The normalized spacial score (nSPS) is 26.2. The van der Waals surface area contributed by atoms with Gasteiger partial charge in [0.1, 0.15) is 6.04 Å². The van der Waals surface area contributed by atoms with E-state index >= 15 is 0 Å². The van der Waals surface area contributed by atoms with Crippen LogP contribution in [0.4, 0.5) is 0 Å². The van der Waals surface area contributed by atoms with Crippen molar-refractivity contribution in [2.75, 3.05) is 13.1 Å². The van der Waals surface area contributed by atoms with E-state index in [1.165, 1.54) is 6.42 Å². The van der Waals surface area contributed by atoms with Crippen molar-refractivity contribution in [3.8, 4) is 0 Å². The maximum Gasteiger partial charge on any atom is 0.245 e. The van der Waals surface area contributed by atoms with Crippen molar-refractivity contribution >= 4 is 11.8 Å². The smallest absolute Gasteiger partial charge is 0.245 e. The fraction of sp³-hybridized carbons (Fsp3) is 0.882. The summed E-state index contributed by atoms with van der Waals surface area (Å²) in [6.45, 7) is 9.61. The van der Waals surface area contributed by atoms with Crippen LogP contribution in [-0.4, -0.2) is 47.9 Å². The molecule has 2 amide bonds. The Bertz CT molecular complexity index is 409. The van der Waals surface area contributed by atoms with Crippen LogP contribution < -0.4 is 10.6 Å². The predicted molar refractivity (Wildman–Crippen MR) is 87.4 cm³/mol. The molecule has 0 aliphatic carbocycles. The molecule has 126 valence electrons. The van der Waals surface area contributed by atoms with Gasteiger partial charge in [-0.25, -0.2) is 0 Å². The van der Waals surface area contributed by atoms with Crippen molar-refractivity contribution < 1.29 is 9.59 Å². The number of nitrogens with zero attached hydrogens (tertiary/aromatic N) is 1. The van der Waals surface area contributed by atoms with Crippen LogP contribution in [0.5, 0.6) is 0 Å². The molecular weight excluding hydrogens is 278 g/mol. The summed E-state index contributed by atoms with van der Waals surface area (Å²) >= 11 is 0. The Kier molecular flexibility index (Phi) is 5.84. The van der Waals surface area contributed by atoms with Crippen LogP contribution in [0.2, 0.25) is 0 Å². The lowest BCUT2D eigenvalue weighted by Crippen LogP contribution is -2.53. The highest BCUT2D eigenvalue weighted by Crippen LogP contribution is 2.21. The number of hydrogen-bond acceptors (Lipinski definition) is 3. The lowest BCUT2D eigenvalue weighted by atomic mass is 10.0. The molecule has 3 atom stereocenters. The second-order valence-electron chi connectivity index (χ2n) is 7.60. The van der Waals surface area contributed by atoms with Gasteiger partial charge in [0.2, 0.25) is 11.8 Å². The summed E-state index contributed by atoms with van der Waals surface area (Å²) in [4.78, 5) is 26.9. The number of carbonyl (C=O) groups excluding carboxylic acids is 2. The van der Waals surface area contributed by atoms with Crippen molar-refractivity contribution in [2.24, 2.45) is 11.8 Å². The maximum atomic E-state index is 12.9. The Morgan fingerprint density at radius 1 is 1.14 bits per heavy atom. The van der Waals surface area contributed by atoms with Crippen LogP contribution in [0.15, 0.2) is 0 Å². The molecule has 5 heteroatoms. The summed E-state index contributed by atoms with van der Waals surface area (Å²) in [5, 5.41) is 6.55. The molecule has 3 unspecified atom stereocenters. The van der Waals surface area contributed by atoms with Crippen LogP contribution in [0.25, 0.3) is 0 Å². The van der Waals surface area contributed by atoms with E-state index < -0.39 is 6.04 Å². The Hall–Kier alpha value is -1.10. The molecule has 0 aromatic heterocycles. The fourth-order valence-corrected chi connectivity index (χ4v) is 3.46. The molecule has 0 saturated carbocycles. The number of amides is 2. The minimum atomic E-state index is -0.400. The van der Waals surface area contributed by atoms with Crippen LogP contribution in [0.3, 0.4) is 0 Å². The van der Waals surface area contributed by atoms with Gasteiger partial charge in [-0.1, -0.05) is 27.7 Å². The van der Waals surface area contributed by atoms with Gasteiger partial charge in [-0.05, 0) is 31.1 Å². The zero-order valence-corrected chi connectivity index (χ0v) is 14.4. The largest absolute Gasteiger partial charge is 0.344 e. The average molecular weight is 309 g/mol. The van der Waals surface area contributed by atoms with Crippen molar-refractivity contribution in [2.45, 2.75) is 71.5 Å². The zero-order chi connectivity index (χ0) is 16.3. The van der Waals surface area contributed by atoms with Gasteiger partial charge >= 0.3 is 0 Å². The van der Waals surface area contributed by atoms with E-state index in [2.05, 4.69) is 10.6 Å². The lowest BCUT2D eigenvalue weighted by molar-refractivity contribution is -0.138. The van der Waals surface area contributed by atoms with E-state index in [4.69, 9.17) is 0 Å². The number of hydrogen-bond donors (Lipinski definition) is 2. The first-order valence-corrected chi connectivity index (χ1v) is 8.71. The summed E-state index contributed by atoms with van der Waals surface area (Å²) in [6.07, 6.45) is 3.88. The second-order valence-corrected chi connectivity index (χ2v) is 7.60. The molecule has 0 spiro atoms. The average Bonchev–Trinajstić information content (AvgIpc) is 2.73. The van der Waals surface area contributed by atoms with Gasteiger partial charge in [-0.2, -0.15) is 0 Å². The van der Waals surface area contributed by atoms with Gasteiger partial charge < -0.3 is 15.5 Å². The number of nitrogens with one attached hydrogen (secondary N) is 2. The molecule has 2 rings (SSSR count). The molecular formula is C17H31N3O2. The highest BCUT2D eigenvalue weighted by Gasteiger charge is 2.35. The summed E-state index contributed by atoms with van der Waals surface area (Å²) < 4.78 is 0.